The number of carboxylic acids is 1. The molecular formula is C7H5NiO2-. The van der Waals surface area contributed by atoms with Gasteiger partial charge in [0.1, 0.15) is 0 Å². The zero-order valence-electron chi connectivity index (χ0n) is 5.02. The molecule has 0 saturated carbocycles. The number of carbonyl (C=O) groups excluding carboxylic acids is 1. The second kappa shape index (κ2) is 4.07. The van der Waals surface area contributed by atoms with E-state index in [9.17, 15) is 9.90 Å². The Kier molecular flexibility index (Phi) is 3.74. The number of hydrogen-bond donors (Lipinski definition) is 0. The van der Waals surface area contributed by atoms with E-state index in [2.05, 4.69) is 0 Å². The van der Waals surface area contributed by atoms with Gasteiger partial charge in [0.2, 0.25) is 0 Å². The normalized spacial score (nSPS) is 8.00. The zero-order chi connectivity index (χ0) is 6.69. The van der Waals surface area contributed by atoms with Gasteiger partial charge in [-0.05, 0) is 5.56 Å². The molecule has 56 valence electrons. The van der Waals surface area contributed by atoms with Crippen LogP contribution in [0.5, 0.6) is 0 Å². The number of hydrogen-bond acceptors (Lipinski definition) is 2. The van der Waals surface area contributed by atoms with E-state index in [4.69, 9.17) is 0 Å². The van der Waals surface area contributed by atoms with E-state index in [1.807, 2.05) is 0 Å². The number of carbonyl (C=O) groups is 1. The van der Waals surface area contributed by atoms with Gasteiger partial charge in [0.25, 0.3) is 0 Å². The van der Waals surface area contributed by atoms with Crippen LogP contribution in [0, 0.1) is 0 Å². The third kappa shape index (κ3) is 2.20. The Morgan fingerprint density at radius 1 is 1.20 bits per heavy atom. The molecule has 0 aromatic heterocycles. The standard InChI is InChI=1S/C7H6O2.Ni/c8-7(9)6-4-2-1-3-5-6;/h1-5H,(H,8,9);/p-1. The molecule has 0 radical (unpaired) electrons. The maximum absolute atomic E-state index is 10.1. The van der Waals surface area contributed by atoms with E-state index in [-0.39, 0.29) is 22.1 Å². The molecule has 0 saturated heterocycles. The van der Waals surface area contributed by atoms with Crippen molar-refractivity contribution in [3.8, 4) is 0 Å². The van der Waals surface area contributed by atoms with Gasteiger partial charge in [-0.3, -0.25) is 0 Å². The summed E-state index contributed by atoms with van der Waals surface area (Å²) >= 11 is 0. The summed E-state index contributed by atoms with van der Waals surface area (Å²) in [5.41, 5.74) is 0.220. The Labute approximate surface area is 68.8 Å². The molecule has 1 aromatic carbocycles. The monoisotopic (exact) mass is 179 g/mol. The van der Waals surface area contributed by atoms with Crippen molar-refractivity contribution in [2.24, 2.45) is 0 Å². The Bertz CT molecular complexity index is 208. The van der Waals surface area contributed by atoms with Crippen LogP contribution in [0.25, 0.3) is 0 Å². The fourth-order valence-electron chi connectivity index (χ4n) is 0.574. The van der Waals surface area contributed by atoms with Gasteiger partial charge in [0, 0.05) is 16.5 Å². The summed E-state index contributed by atoms with van der Waals surface area (Å²) in [6.45, 7) is 0. The van der Waals surface area contributed by atoms with Crippen molar-refractivity contribution in [2.75, 3.05) is 0 Å². The molecular weight excluding hydrogens is 175 g/mol. The minimum Gasteiger partial charge on any atom is -0.545 e. The van der Waals surface area contributed by atoms with Crippen LogP contribution >= 0.6 is 0 Å². The first-order valence-corrected chi connectivity index (χ1v) is 2.57. The fraction of sp³-hybridized carbons (Fsp3) is 0. The van der Waals surface area contributed by atoms with E-state index >= 15 is 0 Å². The van der Waals surface area contributed by atoms with Gasteiger partial charge >= 0.3 is 0 Å². The molecule has 0 fully saturated rings. The predicted octanol–water partition coefficient (Wildman–Crippen LogP) is 0.0476. The van der Waals surface area contributed by atoms with Crippen LogP contribution in [0.3, 0.4) is 0 Å². The van der Waals surface area contributed by atoms with Crippen LogP contribution < -0.4 is 5.11 Å². The average molecular weight is 180 g/mol. The van der Waals surface area contributed by atoms with Gasteiger partial charge in [-0.15, -0.1) is 0 Å². The van der Waals surface area contributed by atoms with E-state index in [1.165, 1.54) is 12.1 Å². The third-order valence-electron chi connectivity index (χ3n) is 1.01. The molecule has 0 unspecified atom stereocenters. The average Bonchev–Trinajstić information content (AvgIpc) is 1.90. The Morgan fingerprint density at radius 2 is 1.70 bits per heavy atom. The molecule has 0 aliphatic heterocycles. The summed E-state index contributed by atoms with van der Waals surface area (Å²) in [6.07, 6.45) is 0. The summed E-state index contributed by atoms with van der Waals surface area (Å²) in [5.74, 6) is -1.13. The number of aromatic carboxylic acids is 1. The SMILES string of the molecule is O=C([O-])c1ccccc1.[Ni]. The maximum Gasteiger partial charge on any atom is 0.0715 e. The molecule has 0 bridgehead atoms. The molecule has 10 heavy (non-hydrogen) atoms. The first-order valence-electron chi connectivity index (χ1n) is 2.57. The van der Waals surface area contributed by atoms with Crippen LogP contribution in [0.15, 0.2) is 30.3 Å². The summed E-state index contributed by atoms with van der Waals surface area (Å²) in [7, 11) is 0. The van der Waals surface area contributed by atoms with Crippen LogP contribution in [0.1, 0.15) is 10.4 Å². The molecule has 1 rings (SSSR count). The van der Waals surface area contributed by atoms with Crippen molar-refractivity contribution in [3.05, 3.63) is 35.9 Å². The van der Waals surface area contributed by atoms with Crippen molar-refractivity contribution in [1.82, 2.24) is 0 Å². The van der Waals surface area contributed by atoms with Gasteiger partial charge in [0.05, 0.1) is 5.97 Å². The molecule has 3 heteroatoms. The second-order valence-corrected chi connectivity index (χ2v) is 1.65. The Balaban J connectivity index is 0.000000810. The van der Waals surface area contributed by atoms with Crippen molar-refractivity contribution >= 4 is 5.97 Å². The van der Waals surface area contributed by atoms with Crippen LogP contribution in [0.4, 0.5) is 0 Å². The summed E-state index contributed by atoms with van der Waals surface area (Å²) < 4.78 is 0. The quantitative estimate of drug-likeness (QED) is 0.572. The molecule has 0 spiro atoms. The summed E-state index contributed by atoms with van der Waals surface area (Å²) in [5, 5.41) is 10.1. The summed E-state index contributed by atoms with van der Waals surface area (Å²) in [6, 6.07) is 8.06. The molecule has 1 aromatic rings. The predicted molar refractivity (Wildman–Crippen MR) is 30.8 cm³/mol. The van der Waals surface area contributed by atoms with Gasteiger partial charge in [0.15, 0.2) is 0 Å². The molecule has 0 amide bonds. The van der Waals surface area contributed by atoms with Crippen molar-refractivity contribution < 1.29 is 26.4 Å². The van der Waals surface area contributed by atoms with Gasteiger partial charge in [-0.2, -0.15) is 0 Å². The molecule has 0 heterocycles. The van der Waals surface area contributed by atoms with Gasteiger partial charge < -0.3 is 9.90 Å². The number of benzene rings is 1. The first kappa shape index (κ1) is 9.18. The molecule has 0 atom stereocenters. The molecule has 0 N–H and O–H groups in total. The fourth-order valence-corrected chi connectivity index (χ4v) is 0.574. The van der Waals surface area contributed by atoms with E-state index in [1.54, 1.807) is 18.2 Å². The van der Waals surface area contributed by atoms with Gasteiger partial charge in [-0.25, -0.2) is 0 Å². The smallest absolute Gasteiger partial charge is 0.0715 e. The second-order valence-electron chi connectivity index (χ2n) is 1.65. The minimum absolute atomic E-state index is 0. The zero-order valence-corrected chi connectivity index (χ0v) is 6.01. The van der Waals surface area contributed by atoms with Crippen LogP contribution in [0.2, 0.25) is 0 Å². The summed E-state index contributed by atoms with van der Waals surface area (Å²) in [4.78, 5) is 10.1. The minimum atomic E-state index is -1.13. The largest absolute Gasteiger partial charge is 0.545 e. The molecule has 2 nitrogen and oxygen atoms in total. The van der Waals surface area contributed by atoms with Gasteiger partial charge in [-0.1, -0.05) is 30.3 Å². The van der Waals surface area contributed by atoms with Crippen molar-refractivity contribution in [1.29, 1.82) is 0 Å². The van der Waals surface area contributed by atoms with E-state index < -0.39 is 5.97 Å². The third-order valence-corrected chi connectivity index (χ3v) is 1.01. The first-order chi connectivity index (χ1) is 4.30. The Hall–Kier alpha value is -0.816. The maximum atomic E-state index is 10.1. The number of rotatable bonds is 1. The Morgan fingerprint density at radius 3 is 2.00 bits per heavy atom. The molecule has 0 aliphatic rings. The molecule has 0 aliphatic carbocycles. The topological polar surface area (TPSA) is 40.1 Å². The van der Waals surface area contributed by atoms with Crippen molar-refractivity contribution in [2.45, 2.75) is 0 Å². The van der Waals surface area contributed by atoms with Crippen LogP contribution in [-0.4, -0.2) is 5.97 Å². The van der Waals surface area contributed by atoms with Crippen LogP contribution in [-0.2, 0) is 16.5 Å². The van der Waals surface area contributed by atoms with E-state index in [0.29, 0.717) is 0 Å². The van der Waals surface area contributed by atoms with E-state index in [0.717, 1.165) is 0 Å². The van der Waals surface area contributed by atoms with Crippen molar-refractivity contribution in [3.63, 3.8) is 0 Å². The number of carboxylic acid groups (broad SMARTS) is 1.